The van der Waals surface area contributed by atoms with Crippen LogP contribution in [0.15, 0.2) is 12.2 Å². The van der Waals surface area contributed by atoms with E-state index in [1.54, 1.807) is 0 Å². The smallest absolute Gasteiger partial charge is 0.147 e. The van der Waals surface area contributed by atoms with Gasteiger partial charge in [-0.3, -0.25) is 0 Å². The van der Waals surface area contributed by atoms with E-state index in [2.05, 4.69) is 17.5 Å². The molecule has 1 saturated heterocycles. The van der Waals surface area contributed by atoms with Gasteiger partial charge in [-0.2, -0.15) is 0 Å². The van der Waals surface area contributed by atoms with Gasteiger partial charge in [-0.15, -0.1) is 0 Å². The van der Waals surface area contributed by atoms with Crippen LogP contribution in [-0.4, -0.2) is 32.1 Å². The van der Waals surface area contributed by atoms with E-state index in [1.807, 2.05) is 0 Å². The van der Waals surface area contributed by atoms with E-state index >= 15 is 0 Å². The third kappa shape index (κ3) is 3.08. The molecule has 0 spiro atoms. The lowest BCUT2D eigenvalue weighted by Gasteiger charge is -2.26. The molecule has 1 aliphatic carbocycles. The molecule has 1 fully saturated rings. The Morgan fingerprint density at radius 1 is 1.29 bits per heavy atom. The average molecular weight is 197 g/mol. The van der Waals surface area contributed by atoms with Crippen LogP contribution in [0.5, 0.6) is 0 Å². The fraction of sp³-hybridized carbons (Fsp3) is 0.818. The molecule has 2 aliphatic rings. The average Bonchev–Trinajstić information content (AvgIpc) is 2.29. The number of hydrogen-bond acceptors (Lipinski definition) is 3. The van der Waals surface area contributed by atoms with Crippen LogP contribution in [0, 0.1) is 0 Å². The first kappa shape index (κ1) is 10.1. The Labute approximate surface area is 85.5 Å². The van der Waals surface area contributed by atoms with Crippen molar-refractivity contribution < 1.29 is 9.47 Å². The van der Waals surface area contributed by atoms with Crippen molar-refractivity contribution in [2.75, 3.05) is 19.9 Å². The van der Waals surface area contributed by atoms with Crippen molar-refractivity contribution in [3.63, 3.8) is 0 Å². The van der Waals surface area contributed by atoms with Gasteiger partial charge in [0.15, 0.2) is 0 Å². The second-order valence-electron chi connectivity index (χ2n) is 3.99. The number of rotatable bonds is 3. The molecule has 0 bridgehead atoms. The molecule has 0 amide bonds. The Kier molecular flexibility index (Phi) is 3.98. The van der Waals surface area contributed by atoms with Crippen LogP contribution in [0.25, 0.3) is 0 Å². The molecule has 3 heteroatoms. The highest BCUT2D eigenvalue weighted by Gasteiger charge is 2.16. The van der Waals surface area contributed by atoms with Gasteiger partial charge in [0.1, 0.15) is 6.79 Å². The van der Waals surface area contributed by atoms with E-state index in [4.69, 9.17) is 9.47 Å². The van der Waals surface area contributed by atoms with E-state index in [0.29, 0.717) is 18.9 Å². The van der Waals surface area contributed by atoms with E-state index in [-0.39, 0.29) is 0 Å². The fourth-order valence-corrected chi connectivity index (χ4v) is 1.94. The maximum Gasteiger partial charge on any atom is 0.147 e. The summed E-state index contributed by atoms with van der Waals surface area (Å²) in [5, 5.41) is 3.56. The van der Waals surface area contributed by atoms with Crippen molar-refractivity contribution in [2.45, 2.75) is 37.8 Å². The molecule has 0 aromatic heterocycles. The van der Waals surface area contributed by atoms with Crippen molar-refractivity contribution in [1.29, 1.82) is 0 Å². The quantitative estimate of drug-likeness (QED) is 0.695. The Morgan fingerprint density at radius 2 is 2.29 bits per heavy atom. The lowest BCUT2D eigenvalue weighted by Crippen LogP contribution is -2.39. The third-order valence-electron chi connectivity index (χ3n) is 2.87. The van der Waals surface area contributed by atoms with Crippen molar-refractivity contribution in [3.8, 4) is 0 Å². The van der Waals surface area contributed by atoms with Crippen LogP contribution in [0.3, 0.4) is 0 Å². The highest BCUT2D eigenvalue weighted by atomic mass is 16.7. The Morgan fingerprint density at radius 3 is 3.00 bits per heavy atom. The van der Waals surface area contributed by atoms with E-state index in [1.165, 1.54) is 19.3 Å². The zero-order chi connectivity index (χ0) is 9.64. The Balaban J connectivity index is 1.63. The predicted molar refractivity (Wildman–Crippen MR) is 55.1 cm³/mol. The minimum Gasteiger partial charge on any atom is -0.355 e. The third-order valence-corrected chi connectivity index (χ3v) is 2.87. The number of hydrogen-bond donors (Lipinski definition) is 1. The largest absolute Gasteiger partial charge is 0.355 e. The van der Waals surface area contributed by atoms with Gasteiger partial charge in [-0.25, -0.2) is 0 Å². The molecule has 14 heavy (non-hydrogen) atoms. The minimum absolute atomic E-state index is 0.356. The summed E-state index contributed by atoms with van der Waals surface area (Å²) in [7, 11) is 0. The molecule has 1 N–H and O–H groups in total. The van der Waals surface area contributed by atoms with Gasteiger partial charge in [0, 0.05) is 12.6 Å². The molecule has 1 heterocycles. The Bertz CT molecular complexity index is 188. The number of allylic oxidation sites excluding steroid dienone is 1. The summed E-state index contributed by atoms with van der Waals surface area (Å²) in [6.07, 6.45) is 9.56. The van der Waals surface area contributed by atoms with Crippen molar-refractivity contribution in [3.05, 3.63) is 12.2 Å². The van der Waals surface area contributed by atoms with Crippen LogP contribution in [0.1, 0.15) is 25.7 Å². The zero-order valence-corrected chi connectivity index (χ0v) is 8.58. The predicted octanol–water partition coefficient (Wildman–Crippen LogP) is 1.45. The van der Waals surface area contributed by atoms with Gasteiger partial charge in [-0.05, 0) is 25.7 Å². The second-order valence-corrected chi connectivity index (χ2v) is 3.99. The number of ether oxygens (including phenoxy) is 2. The minimum atomic E-state index is 0.356. The molecule has 3 nitrogen and oxygen atoms in total. The van der Waals surface area contributed by atoms with Gasteiger partial charge < -0.3 is 14.8 Å². The molecule has 0 saturated carbocycles. The second kappa shape index (κ2) is 5.49. The van der Waals surface area contributed by atoms with Gasteiger partial charge in [0.25, 0.3) is 0 Å². The summed E-state index contributed by atoms with van der Waals surface area (Å²) in [4.78, 5) is 0. The van der Waals surface area contributed by atoms with Gasteiger partial charge in [0.2, 0.25) is 0 Å². The summed E-state index contributed by atoms with van der Waals surface area (Å²) < 4.78 is 10.6. The van der Waals surface area contributed by atoms with Gasteiger partial charge in [-0.1, -0.05) is 12.2 Å². The first-order chi connectivity index (χ1) is 6.95. The summed E-state index contributed by atoms with van der Waals surface area (Å²) in [6, 6.07) is 0.659. The zero-order valence-electron chi connectivity index (χ0n) is 8.58. The molecule has 1 aliphatic heterocycles. The van der Waals surface area contributed by atoms with Crippen LogP contribution in [-0.2, 0) is 9.47 Å². The van der Waals surface area contributed by atoms with Gasteiger partial charge >= 0.3 is 0 Å². The molecule has 0 aromatic rings. The van der Waals surface area contributed by atoms with E-state index in [9.17, 15) is 0 Å². The molecule has 0 aromatic carbocycles. The fourth-order valence-electron chi connectivity index (χ4n) is 1.94. The molecule has 2 unspecified atom stereocenters. The summed E-state index contributed by atoms with van der Waals surface area (Å²) in [5.41, 5.74) is 0. The summed E-state index contributed by atoms with van der Waals surface area (Å²) in [5.74, 6) is 0. The van der Waals surface area contributed by atoms with Crippen LogP contribution in [0.2, 0.25) is 0 Å². The molecular formula is C11H19NO2. The monoisotopic (exact) mass is 197 g/mol. The van der Waals surface area contributed by atoms with E-state index < -0.39 is 0 Å². The normalized spacial score (nSPS) is 33.1. The van der Waals surface area contributed by atoms with Gasteiger partial charge in [0.05, 0.1) is 12.7 Å². The molecule has 2 rings (SSSR count). The highest BCUT2D eigenvalue weighted by Crippen LogP contribution is 2.11. The molecule has 2 atom stereocenters. The van der Waals surface area contributed by atoms with Crippen molar-refractivity contribution in [2.24, 2.45) is 0 Å². The van der Waals surface area contributed by atoms with Crippen LogP contribution in [0.4, 0.5) is 0 Å². The molecule has 80 valence electrons. The molecule has 0 radical (unpaired) electrons. The van der Waals surface area contributed by atoms with Crippen LogP contribution >= 0.6 is 0 Å². The lowest BCUT2D eigenvalue weighted by atomic mass is 10.0. The summed E-state index contributed by atoms with van der Waals surface area (Å²) in [6.45, 7) is 2.29. The summed E-state index contributed by atoms with van der Waals surface area (Å²) >= 11 is 0. The molecular weight excluding hydrogens is 178 g/mol. The van der Waals surface area contributed by atoms with Crippen molar-refractivity contribution >= 4 is 0 Å². The van der Waals surface area contributed by atoms with E-state index in [0.717, 1.165) is 19.6 Å². The van der Waals surface area contributed by atoms with Crippen molar-refractivity contribution in [1.82, 2.24) is 5.32 Å². The first-order valence-electron chi connectivity index (χ1n) is 5.53. The lowest BCUT2D eigenvalue weighted by molar-refractivity contribution is -0.137. The maximum atomic E-state index is 5.47. The highest BCUT2D eigenvalue weighted by molar-refractivity contribution is 4.93. The van der Waals surface area contributed by atoms with Crippen LogP contribution < -0.4 is 5.32 Å². The maximum absolute atomic E-state index is 5.47. The SMILES string of the molecule is C1=CCC(NCC2CCOCO2)CC1. The number of nitrogens with one attached hydrogen (secondary N) is 1. The Hall–Kier alpha value is -0.380. The topological polar surface area (TPSA) is 30.5 Å². The first-order valence-corrected chi connectivity index (χ1v) is 5.53. The standard InChI is InChI=1S/C11H19NO2/c1-2-4-10(5-3-1)12-8-11-6-7-13-9-14-11/h1-2,10-12H,3-9H2.